The molecule has 0 saturated carbocycles. The number of amidine groups is 1. The molecule has 31 heavy (non-hydrogen) atoms. The Morgan fingerprint density at radius 3 is 2.94 bits per heavy atom. The zero-order chi connectivity index (χ0) is 21.7. The normalized spacial score (nSPS) is 19.9. The first kappa shape index (κ1) is 18.9. The van der Waals surface area contributed by atoms with Crippen molar-refractivity contribution in [2.24, 2.45) is 15.8 Å². The van der Waals surface area contributed by atoms with Crippen LogP contribution in [0.1, 0.15) is 16.1 Å². The zero-order valence-corrected chi connectivity index (χ0v) is 16.8. The standard InChI is InChI=1S/C18H20N10O3/c1-20-16(29)11-8-22-25(9-11)5-6-26-17-23-15-14(28(17)24(2)18(26)30)13(21-10-27(15)19)12-4-3-7-31-12/h3-4,7-10,17H,5-6,19H2,1-2H3,(H,20,29). The van der Waals surface area contributed by atoms with Crippen LogP contribution in [0, 0.1) is 0 Å². The maximum atomic E-state index is 13.0. The van der Waals surface area contributed by atoms with Crippen LogP contribution in [0.4, 0.5) is 4.79 Å². The predicted molar refractivity (Wildman–Crippen MR) is 109 cm³/mol. The number of hydrogen-bond donors (Lipinski definition) is 2. The molecule has 13 heteroatoms. The quantitative estimate of drug-likeness (QED) is 0.628. The van der Waals surface area contributed by atoms with E-state index in [1.807, 2.05) is 0 Å². The number of nitrogens with zero attached hydrogens (tertiary/aromatic N) is 8. The fourth-order valence-corrected chi connectivity index (χ4v) is 3.73. The Morgan fingerprint density at radius 2 is 2.19 bits per heavy atom. The zero-order valence-electron chi connectivity index (χ0n) is 16.8. The lowest BCUT2D eigenvalue weighted by molar-refractivity contribution is 0.0857. The summed E-state index contributed by atoms with van der Waals surface area (Å²) in [5.74, 6) is 6.87. The van der Waals surface area contributed by atoms with E-state index in [2.05, 4.69) is 20.4 Å². The van der Waals surface area contributed by atoms with Crippen LogP contribution in [0.5, 0.6) is 0 Å². The molecule has 1 fully saturated rings. The second-order valence-corrected chi connectivity index (χ2v) is 7.04. The highest BCUT2D eigenvalue weighted by Crippen LogP contribution is 2.38. The van der Waals surface area contributed by atoms with Crippen LogP contribution < -0.4 is 11.2 Å². The van der Waals surface area contributed by atoms with Gasteiger partial charge in [-0.1, -0.05) is 0 Å². The van der Waals surface area contributed by atoms with Gasteiger partial charge in [-0.3, -0.25) is 14.4 Å². The second kappa shape index (κ2) is 6.98. The molecule has 5 heterocycles. The van der Waals surface area contributed by atoms with E-state index in [-0.39, 0.29) is 11.9 Å². The number of urea groups is 1. The number of amides is 3. The van der Waals surface area contributed by atoms with Crippen LogP contribution >= 0.6 is 0 Å². The molecule has 0 radical (unpaired) electrons. The number of aromatic nitrogens is 2. The lowest BCUT2D eigenvalue weighted by atomic mass is 10.2. The highest BCUT2D eigenvalue weighted by molar-refractivity contribution is 6.12. The summed E-state index contributed by atoms with van der Waals surface area (Å²) in [7, 11) is 3.22. The van der Waals surface area contributed by atoms with E-state index >= 15 is 0 Å². The molecule has 3 aliphatic heterocycles. The van der Waals surface area contributed by atoms with Gasteiger partial charge in [-0.2, -0.15) is 5.10 Å². The minimum Gasteiger partial charge on any atom is -0.463 e. The van der Waals surface area contributed by atoms with Gasteiger partial charge in [0.05, 0.1) is 24.6 Å². The summed E-state index contributed by atoms with van der Waals surface area (Å²) in [5.41, 5.74) is 1.58. The number of aliphatic imine (C=N–C) groups is 2. The third-order valence-corrected chi connectivity index (χ3v) is 5.25. The predicted octanol–water partition coefficient (Wildman–Crippen LogP) is -0.298. The lowest BCUT2D eigenvalue weighted by Crippen LogP contribution is -2.44. The molecule has 13 nitrogen and oxygen atoms in total. The largest absolute Gasteiger partial charge is 0.463 e. The van der Waals surface area contributed by atoms with Gasteiger partial charge in [-0.15, -0.1) is 0 Å². The smallest absolute Gasteiger partial charge is 0.341 e. The molecule has 1 unspecified atom stereocenters. The number of rotatable bonds is 5. The number of fused-ring (bicyclic) bond motifs is 3. The van der Waals surface area contributed by atoms with Crippen molar-refractivity contribution in [3.05, 3.63) is 47.8 Å². The van der Waals surface area contributed by atoms with Gasteiger partial charge in [-0.05, 0) is 12.1 Å². The molecule has 3 N–H and O–H groups in total. The number of hydrogen-bond acceptors (Lipinski definition) is 9. The lowest BCUT2D eigenvalue weighted by Gasteiger charge is -2.28. The molecule has 1 saturated heterocycles. The van der Waals surface area contributed by atoms with Crippen molar-refractivity contribution in [1.82, 2.24) is 35.0 Å². The Labute approximate surface area is 176 Å². The molecule has 5 rings (SSSR count). The number of carbonyl (C=O) groups excluding carboxylic acids is 2. The molecule has 0 spiro atoms. The van der Waals surface area contributed by atoms with Crippen molar-refractivity contribution < 1.29 is 14.0 Å². The Bertz CT molecular complexity index is 1130. The van der Waals surface area contributed by atoms with Crippen molar-refractivity contribution in [1.29, 1.82) is 0 Å². The van der Waals surface area contributed by atoms with Gasteiger partial charge >= 0.3 is 6.03 Å². The Balaban J connectivity index is 1.43. The van der Waals surface area contributed by atoms with Gasteiger partial charge in [0.2, 0.25) is 6.29 Å². The van der Waals surface area contributed by atoms with E-state index in [0.29, 0.717) is 41.6 Å². The fraction of sp³-hybridized carbons (Fsp3) is 0.278. The Kier molecular flexibility index (Phi) is 4.25. The number of hydrazine groups is 2. The van der Waals surface area contributed by atoms with E-state index in [1.165, 1.54) is 22.6 Å². The molecule has 0 aliphatic carbocycles. The van der Waals surface area contributed by atoms with E-state index in [1.54, 1.807) is 53.3 Å². The summed E-state index contributed by atoms with van der Waals surface area (Å²) in [5, 5.41) is 11.3. The first-order valence-electron chi connectivity index (χ1n) is 9.52. The average Bonchev–Trinajstić information content (AvgIpc) is 3.55. The third-order valence-electron chi connectivity index (χ3n) is 5.25. The van der Waals surface area contributed by atoms with Crippen LogP contribution in [-0.2, 0) is 6.54 Å². The minimum absolute atomic E-state index is 0.221. The van der Waals surface area contributed by atoms with Crippen molar-refractivity contribution >= 4 is 29.8 Å². The molecule has 0 bridgehead atoms. The SMILES string of the molecule is CNC(=O)c1cnn(CCN2C(=O)N(C)N3C4=C(c5ccco5)N=CN(N)C4=NC23)c1. The fourth-order valence-electron chi connectivity index (χ4n) is 3.73. The Morgan fingerprint density at radius 1 is 1.35 bits per heavy atom. The molecule has 0 aromatic carbocycles. The molecule has 160 valence electrons. The number of furan rings is 1. The second-order valence-electron chi connectivity index (χ2n) is 7.04. The minimum atomic E-state index is -0.616. The Hall–Kier alpha value is -4.13. The third kappa shape index (κ3) is 2.85. The summed E-state index contributed by atoms with van der Waals surface area (Å²) in [6.45, 7) is 0.712. The van der Waals surface area contributed by atoms with Crippen molar-refractivity contribution in [2.45, 2.75) is 12.8 Å². The van der Waals surface area contributed by atoms with Gasteiger partial charge in [0.1, 0.15) is 17.7 Å². The highest BCUT2D eigenvalue weighted by Gasteiger charge is 2.51. The summed E-state index contributed by atoms with van der Waals surface area (Å²) in [4.78, 5) is 35.4. The van der Waals surface area contributed by atoms with Gasteiger partial charge < -0.3 is 9.73 Å². The van der Waals surface area contributed by atoms with E-state index < -0.39 is 6.29 Å². The van der Waals surface area contributed by atoms with Gasteiger partial charge in [0.15, 0.2) is 11.6 Å². The molecule has 2 aromatic rings. The van der Waals surface area contributed by atoms with Gasteiger partial charge in [0.25, 0.3) is 5.91 Å². The molecule has 3 amide bonds. The van der Waals surface area contributed by atoms with Crippen LogP contribution in [0.15, 0.2) is 50.9 Å². The summed E-state index contributed by atoms with van der Waals surface area (Å²) in [6.07, 6.45) is 5.51. The van der Waals surface area contributed by atoms with Crippen LogP contribution in [0.3, 0.4) is 0 Å². The summed E-state index contributed by atoms with van der Waals surface area (Å²) in [6, 6.07) is 3.32. The van der Waals surface area contributed by atoms with E-state index in [9.17, 15) is 9.59 Å². The average molecular weight is 424 g/mol. The molecule has 3 aliphatic rings. The van der Waals surface area contributed by atoms with Crippen molar-refractivity contribution in [3.8, 4) is 0 Å². The summed E-state index contributed by atoms with van der Waals surface area (Å²) >= 11 is 0. The number of nitrogens with one attached hydrogen (secondary N) is 1. The van der Waals surface area contributed by atoms with Crippen LogP contribution in [0.2, 0.25) is 0 Å². The first-order valence-corrected chi connectivity index (χ1v) is 9.52. The van der Waals surface area contributed by atoms with Gasteiger partial charge in [0, 0.05) is 26.8 Å². The van der Waals surface area contributed by atoms with Crippen molar-refractivity contribution in [3.63, 3.8) is 0 Å². The summed E-state index contributed by atoms with van der Waals surface area (Å²) < 4.78 is 7.13. The molecular weight excluding hydrogens is 404 g/mol. The van der Waals surface area contributed by atoms with Gasteiger partial charge in [-0.25, -0.2) is 35.6 Å². The molecule has 2 aromatic heterocycles. The maximum Gasteiger partial charge on any atom is 0.341 e. The molecule has 1 atom stereocenters. The van der Waals surface area contributed by atoms with Crippen molar-refractivity contribution in [2.75, 3.05) is 20.6 Å². The van der Waals surface area contributed by atoms with Crippen LogP contribution in [-0.4, -0.2) is 80.7 Å². The number of nitrogens with two attached hydrogens (primary N) is 1. The van der Waals surface area contributed by atoms with E-state index in [4.69, 9.17) is 10.3 Å². The van der Waals surface area contributed by atoms with Crippen LogP contribution in [0.25, 0.3) is 5.70 Å². The number of carbonyl (C=O) groups is 2. The topological polar surface area (TPSA) is 141 Å². The first-order chi connectivity index (χ1) is 15.0. The van der Waals surface area contributed by atoms with E-state index in [0.717, 1.165) is 0 Å². The monoisotopic (exact) mass is 424 g/mol. The highest BCUT2D eigenvalue weighted by atomic mass is 16.3. The maximum absolute atomic E-state index is 13.0. The molecular formula is C18H20N10O3.